The Morgan fingerprint density at radius 1 is 0.967 bits per heavy atom. The number of piperidine rings is 1. The molecule has 8 heteroatoms. The molecule has 2 aliphatic rings. The third-order valence-electron chi connectivity index (χ3n) is 5.72. The Morgan fingerprint density at radius 2 is 1.63 bits per heavy atom. The summed E-state index contributed by atoms with van der Waals surface area (Å²) in [6.45, 7) is 1.65. The van der Waals surface area contributed by atoms with Crippen molar-refractivity contribution in [2.75, 3.05) is 24.5 Å². The van der Waals surface area contributed by atoms with Gasteiger partial charge in [0.05, 0.1) is 0 Å². The van der Waals surface area contributed by atoms with E-state index < -0.39 is 5.92 Å². The fourth-order valence-corrected chi connectivity index (χ4v) is 4.13. The molecule has 0 bridgehead atoms. The molecule has 4 rings (SSSR count). The van der Waals surface area contributed by atoms with Crippen LogP contribution < -0.4 is 10.2 Å². The summed E-state index contributed by atoms with van der Waals surface area (Å²) >= 11 is 5.91. The van der Waals surface area contributed by atoms with Crippen LogP contribution in [0, 0.1) is 5.92 Å². The second-order valence-electron chi connectivity index (χ2n) is 7.62. The van der Waals surface area contributed by atoms with Gasteiger partial charge < -0.3 is 15.1 Å². The molecular weight excluding hydrogens is 404 g/mol. The number of carbonyl (C=O) groups excluding carboxylic acids is 3. The fraction of sp³-hybridized carbons (Fsp3) is 0.364. The normalized spacial score (nSPS) is 19.8. The van der Waals surface area contributed by atoms with Crippen LogP contribution >= 0.6 is 11.6 Å². The average molecular weight is 427 g/mol. The van der Waals surface area contributed by atoms with Gasteiger partial charge in [0.25, 0.3) is 5.91 Å². The fourth-order valence-electron chi connectivity index (χ4n) is 4.01. The molecule has 156 valence electrons. The first-order valence-corrected chi connectivity index (χ1v) is 10.5. The number of anilines is 1. The topological polar surface area (TPSA) is 82.6 Å². The molecule has 3 amide bonds. The summed E-state index contributed by atoms with van der Waals surface area (Å²) in [4.78, 5) is 45.4. The number of halogens is 1. The minimum atomic E-state index is -0.669. The van der Waals surface area contributed by atoms with Crippen molar-refractivity contribution in [2.45, 2.75) is 25.3 Å². The van der Waals surface area contributed by atoms with Gasteiger partial charge >= 0.3 is 0 Å². The number of benzene rings is 1. The second-order valence-corrected chi connectivity index (χ2v) is 8.05. The first-order valence-electron chi connectivity index (χ1n) is 10.1. The highest BCUT2D eigenvalue weighted by molar-refractivity contribution is 6.30. The summed E-state index contributed by atoms with van der Waals surface area (Å²) in [5.74, 6) is -1.10. The Hall–Kier alpha value is -2.93. The largest absolute Gasteiger partial charge is 0.353 e. The zero-order chi connectivity index (χ0) is 21.1. The average Bonchev–Trinajstić information content (AvgIpc) is 3.16. The molecule has 1 atom stereocenters. The van der Waals surface area contributed by atoms with Crippen molar-refractivity contribution in [3.8, 4) is 0 Å². The molecule has 2 aliphatic heterocycles. The van der Waals surface area contributed by atoms with E-state index in [1.165, 1.54) is 0 Å². The lowest BCUT2D eigenvalue weighted by Gasteiger charge is -2.32. The number of nitrogens with zero attached hydrogens (tertiary/aromatic N) is 3. The molecule has 0 radical (unpaired) electrons. The smallest absolute Gasteiger partial charge is 0.253 e. The number of likely N-dealkylation sites (tertiary alicyclic amines) is 1. The van der Waals surface area contributed by atoms with E-state index in [1.54, 1.807) is 58.6 Å². The monoisotopic (exact) mass is 426 g/mol. The number of nitrogens with one attached hydrogen (secondary N) is 1. The third kappa shape index (κ3) is 4.31. The zero-order valence-electron chi connectivity index (χ0n) is 16.5. The van der Waals surface area contributed by atoms with Crippen LogP contribution in [0.25, 0.3) is 0 Å². The summed E-state index contributed by atoms with van der Waals surface area (Å²) in [6.07, 6.45) is 5.04. The van der Waals surface area contributed by atoms with Gasteiger partial charge in [-0.3, -0.25) is 19.4 Å². The van der Waals surface area contributed by atoms with Crippen molar-refractivity contribution >= 4 is 35.0 Å². The third-order valence-corrected chi connectivity index (χ3v) is 5.97. The minimum Gasteiger partial charge on any atom is -0.353 e. The molecule has 0 aliphatic carbocycles. The Bertz CT molecular complexity index is 927. The highest BCUT2D eigenvalue weighted by atomic mass is 35.5. The highest BCUT2D eigenvalue weighted by Gasteiger charge is 2.38. The molecule has 0 saturated carbocycles. The highest BCUT2D eigenvalue weighted by Crippen LogP contribution is 2.27. The predicted molar refractivity (Wildman–Crippen MR) is 113 cm³/mol. The Morgan fingerprint density at radius 3 is 2.30 bits per heavy atom. The maximum atomic E-state index is 12.7. The summed E-state index contributed by atoms with van der Waals surface area (Å²) in [7, 11) is 0. The van der Waals surface area contributed by atoms with Crippen LogP contribution in [0.5, 0.6) is 0 Å². The second kappa shape index (κ2) is 8.83. The Kier molecular flexibility index (Phi) is 5.99. The van der Waals surface area contributed by atoms with Gasteiger partial charge in [-0.05, 0) is 55.7 Å². The number of hydrogen-bond acceptors (Lipinski definition) is 4. The number of aromatic nitrogens is 1. The van der Waals surface area contributed by atoms with E-state index in [-0.39, 0.29) is 23.8 Å². The molecular formula is C22H23ClN4O3. The van der Waals surface area contributed by atoms with E-state index >= 15 is 0 Å². The van der Waals surface area contributed by atoms with E-state index in [4.69, 9.17) is 11.6 Å². The van der Waals surface area contributed by atoms with Gasteiger partial charge in [-0.15, -0.1) is 0 Å². The standard InChI is InChI=1S/C22H23ClN4O3/c23-16-1-3-18(4-2-16)27-14-9-19(22(27)30)20(28)25-17-7-12-26(13-8-17)21(29)15-5-10-24-11-6-15/h1-6,10-11,17,19H,7-9,12-14H2,(H,25,28). The van der Waals surface area contributed by atoms with E-state index in [0.717, 1.165) is 5.69 Å². The van der Waals surface area contributed by atoms with Crippen LogP contribution in [0.2, 0.25) is 5.02 Å². The van der Waals surface area contributed by atoms with Crippen molar-refractivity contribution in [3.05, 3.63) is 59.4 Å². The van der Waals surface area contributed by atoms with Crippen molar-refractivity contribution in [1.29, 1.82) is 0 Å². The first kappa shape index (κ1) is 20.3. The molecule has 1 N–H and O–H groups in total. The van der Waals surface area contributed by atoms with Crippen molar-refractivity contribution in [1.82, 2.24) is 15.2 Å². The predicted octanol–water partition coefficient (Wildman–Crippen LogP) is 2.51. The lowest BCUT2D eigenvalue weighted by molar-refractivity contribution is -0.132. The molecule has 7 nitrogen and oxygen atoms in total. The summed E-state index contributed by atoms with van der Waals surface area (Å²) in [5.41, 5.74) is 1.37. The lowest BCUT2D eigenvalue weighted by atomic mass is 10.0. The van der Waals surface area contributed by atoms with Gasteiger partial charge in [-0.1, -0.05) is 11.6 Å². The molecule has 2 saturated heterocycles. The molecule has 3 heterocycles. The van der Waals surface area contributed by atoms with E-state index in [1.807, 2.05) is 0 Å². The Labute approximate surface area is 180 Å². The zero-order valence-corrected chi connectivity index (χ0v) is 17.2. The van der Waals surface area contributed by atoms with Crippen LogP contribution in [-0.2, 0) is 9.59 Å². The molecule has 2 fully saturated rings. The summed E-state index contributed by atoms with van der Waals surface area (Å²) in [6, 6.07) is 10.4. The number of amides is 3. The number of rotatable bonds is 4. The van der Waals surface area contributed by atoms with E-state index in [2.05, 4.69) is 10.3 Å². The molecule has 2 aromatic rings. The number of pyridine rings is 1. The van der Waals surface area contributed by atoms with Crippen LogP contribution in [0.15, 0.2) is 48.8 Å². The van der Waals surface area contributed by atoms with Gasteiger partial charge in [-0.2, -0.15) is 0 Å². The van der Waals surface area contributed by atoms with E-state index in [9.17, 15) is 14.4 Å². The van der Waals surface area contributed by atoms with Crippen molar-refractivity contribution in [2.24, 2.45) is 5.92 Å². The van der Waals surface area contributed by atoms with Gasteiger partial charge in [0.15, 0.2) is 0 Å². The Balaban J connectivity index is 1.29. The van der Waals surface area contributed by atoms with Crippen LogP contribution in [0.1, 0.15) is 29.6 Å². The number of carbonyl (C=O) groups is 3. The molecule has 0 spiro atoms. The maximum absolute atomic E-state index is 12.7. The van der Waals surface area contributed by atoms with Gasteiger partial charge in [0.2, 0.25) is 11.8 Å². The quantitative estimate of drug-likeness (QED) is 0.761. The van der Waals surface area contributed by atoms with Crippen LogP contribution in [-0.4, -0.2) is 53.3 Å². The van der Waals surface area contributed by atoms with Gasteiger partial charge in [-0.25, -0.2) is 0 Å². The molecule has 30 heavy (non-hydrogen) atoms. The minimum absolute atomic E-state index is 0.0215. The van der Waals surface area contributed by atoms with E-state index in [0.29, 0.717) is 49.5 Å². The van der Waals surface area contributed by atoms with Crippen molar-refractivity contribution < 1.29 is 14.4 Å². The summed E-state index contributed by atoms with van der Waals surface area (Å²) < 4.78 is 0. The van der Waals surface area contributed by atoms with Gasteiger partial charge in [0, 0.05) is 54.3 Å². The van der Waals surface area contributed by atoms with Crippen LogP contribution in [0.4, 0.5) is 5.69 Å². The molecule has 1 unspecified atom stereocenters. The first-order chi connectivity index (χ1) is 14.5. The maximum Gasteiger partial charge on any atom is 0.253 e. The SMILES string of the molecule is O=C(NC1CCN(C(=O)c2ccncc2)CC1)C1CCN(c2ccc(Cl)cc2)C1=O. The van der Waals surface area contributed by atoms with Crippen molar-refractivity contribution in [3.63, 3.8) is 0 Å². The van der Waals surface area contributed by atoms with Gasteiger partial charge in [0.1, 0.15) is 5.92 Å². The number of hydrogen-bond donors (Lipinski definition) is 1. The molecule has 1 aromatic heterocycles. The van der Waals surface area contributed by atoms with Crippen LogP contribution in [0.3, 0.4) is 0 Å². The summed E-state index contributed by atoms with van der Waals surface area (Å²) in [5, 5.41) is 3.62. The molecule has 1 aromatic carbocycles. The lowest BCUT2D eigenvalue weighted by Crippen LogP contribution is -2.48.